The Bertz CT molecular complexity index is 743. The number of nitrogens with zero attached hydrogens (tertiary/aromatic N) is 3. The van der Waals surface area contributed by atoms with Crippen molar-refractivity contribution >= 4 is 17.5 Å². The average Bonchev–Trinajstić information content (AvgIpc) is 2.56. The maximum Gasteiger partial charge on any atom is 0.274 e. The molecule has 1 heterocycles. The lowest BCUT2D eigenvalue weighted by Gasteiger charge is -2.21. The molecular formula is C17H20ClN3O2. The molecule has 0 aliphatic rings. The first kappa shape index (κ1) is 17.2. The van der Waals surface area contributed by atoms with Crippen molar-refractivity contribution in [3.63, 3.8) is 0 Å². The van der Waals surface area contributed by atoms with E-state index in [-0.39, 0.29) is 17.2 Å². The van der Waals surface area contributed by atoms with E-state index in [1.54, 1.807) is 11.0 Å². The maximum absolute atomic E-state index is 12.7. The highest BCUT2D eigenvalue weighted by Gasteiger charge is 2.18. The molecule has 1 aromatic carbocycles. The van der Waals surface area contributed by atoms with Crippen molar-refractivity contribution in [1.82, 2.24) is 14.7 Å². The third-order valence-electron chi connectivity index (χ3n) is 3.51. The van der Waals surface area contributed by atoms with Crippen molar-refractivity contribution in [3.05, 3.63) is 63.0 Å². The minimum Gasteiger partial charge on any atom is -0.333 e. The SMILES string of the molecule is CCCn1nc(C(=O)N(CC)Cc2ccccc2Cl)ccc1=O. The van der Waals surface area contributed by atoms with E-state index >= 15 is 0 Å². The fraction of sp³-hybridized carbons (Fsp3) is 0.353. The van der Waals surface area contributed by atoms with Crippen molar-refractivity contribution in [2.75, 3.05) is 6.54 Å². The average molecular weight is 334 g/mol. The normalized spacial score (nSPS) is 10.6. The Kier molecular flexibility index (Phi) is 5.93. The Morgan fingerprint density at radius 3 is 2.61 bits per heavy atom. The Hall–Kier alpha value is -2.14. The maximum atomic E-state index is 12.7. The number of carbonyl (C=O) groups excluding carboxylic acids is 1. The molecule has 0 unspecified atom stereocenters. The molecule has 0 atom stereocenters. The molecule has 5 nitrogen and oxygen atoms in total. The number of aromatic nitrogens is 2. The lowest BCUT2D eigenvalue weighted by Crippen LogP contribution is -2.33. The molecule has 6 heteroatoms. The summed E-state index contributed by atoms with van der Waals surface area (Å²) in [5.74, 6) is -0.211. The van der Waals surface area contributed by atoms with Gasteiger partial charge in [-0.2, -0.15) is 5.10 Å². The molecule has 0 aliphatic carbocycles. The van der Waals surface area contributed by atoms with E-state index in [1.165, 1.54) is 16.8 Å². The van der Waals surface area contributed by atoms with Crippen LogP contribution in [0.15, 0.2) is 41.2 Å². The van der Waals surface area contributed by atoms with E-state index in [9.17, 15) is 9.59 Å². The van der Waals surface area contributed by atoms with E-state index in [2.05, 4.69) is 5.10 Å². The molecule has 122 valence electrons. The van der Waals surface area contributed by atoms with Gasteiger partial charge in [-0.1, -0.05) is 36.7 Å². The predicted molar refractivity (Wildman–Crippen MR) is 90.7 cm³/mol. The third kappa shape index (κ3) is 4.20. The Balaban J connectivity index is 2.25. The van der Waals surface area contributed by atoms with E-state index in [0.717, 1.165) is 12.0 Å². The molecule has 0 aliphatic heterocycles. The van der Waals surface area contributed by atoms with Crippen LogP contribution in [0, 0.1) is 0 Å². The van der Waals surface area contributed by atoms with E-state index in [1.807, 2.05) is 32.0 Å². The van der Waals surface area contributed by atoms with Crippen LogP contribution in [0.1, 0.15) is 36.3 Å². The highest BCUT2D eigenvalue weighted by Crippen LogP contribution is 2.17. The number of hydrogen-bond donors (Lipinski definition) is 0. The van der Waals surface area contributed by atoms with Gasteiger partial charge in [-0.05, 0) is 31.0 Å². The summed E-state index contributed by atoms with van der Waals surface area (Å²) < 4.78 is 1.33. The Morgan fingerprint density at radius 2 is 1.96 bits per heavy atom. The number of benzene rings is 1. The van der Waals surface area contributed by atoms with Gasteiger partial charge in [0.1, 0.15) is 5.69 Å². The van der Waals surface area contributed by atoms with Crippen molar-refractivity contribution in [1.29, 1.82) is 0 Å². The minimum absolute atomic E-state index is 0.197. The number of amides is 1. The van der Waals surface area contributed by atoms with Crippen LogP contribution in [-0.2, 0) is 13.1 Å². The molecular weight excluding hydrogens is 314 g/mol. The number of rotatable bonds is 6. The summed E-state index contributed by atoms with van der Waals surface area (Å²) >= 11 is 6.16. The van der Waals surface area contributed by atoms with Gasteiger partial charge < -0.3 is 4.90 Å². The van der Waals surface area contributed by atoms with Crippen molar-refractivity contribution in [2.24, 2.45) is 0 Å². The van der Waals surface area contributed by atoms with Gasteiger partial charge in [0.15, 0.2) is 0 Å². The van der Waals surface area contributed by atoms with Crippen LogP contribution in [-0.4, -0.2) is 27.1 Å². The number of halogens is 1. The molecule has 0 fully saturated rings. The zero-order valence-corrected chi connectivity index (χ0v) is 14.1. The summed E-state index contributed by atoms with van der Waals surface area (Å²) in [4.78, 5) is 26.0. The lowest BCUT2D eigenvalue weighted by atomic mass is 10.2. The number of hydrogen-bond acceptors (Lipinski definition) is 3. The summed E-state index contributed by atoms with van der Waals surface area (Å²) in [6.45, 7) is 5.29. The zero-order chi connectivity index (χ0) is 16.8. The first-order chi connectivity index (χ1) is 11.1. The van der Waals surface area contributed by atoms with Crippen LogP contribution < -0.4 is 5.56 Å². The Labute approximate surface area is 140 Å². The number of aryl methyl sites for hydroxylation is 1. The lowest BCUT2D eigenvalue weighted by molar-refractivity contribution is 0.0743. The molecule has 2 aromatic rings. The molecule has 0 N–H and O–H groups in total. The van der Waals surface area contributed by atoms with E-state index < -0.39 is 0 Å². The van der Waals surface area contributed by atoms with Crippen LogP contribution in [0.5, 0.6) is 0 Å². The molecule has 1 amide bonds. The summed E-state index contributed by atoms with van der Waals surface area (Å²) in [7, 11) is 0. The highest BCUT2D eigenvalue weighted by molar-refractivity contribution is 6.31. The zero-order valence-electron chi connectivity index (χ0n) is 13.3. The van der Waals surface area contributed by atoms with Gasteiger partial charge in [0.05, 0.1) is 0 Å². The van der Waals surface area contributed by atoms with Crippen LogP contribution >= 0.6 is 11.6 Å². The van der Waals surface area contributed by atoms with Crippen LogP contribution in [0.3, 0.4) is 0 Å². The predicted octanol–water partition coefficient (Wildman–Crippen LogP) is 2.97. The summed E-state index contributed by atoms with van der Waals surface area (Å²) in [6, 6.07) is 10.3. The second kappa shape index (κ2) is 7.92. The molecule has 2 rings (SSSR count). The van der Waals surface area contributed by atoms with Crippen molar-refractivity contribution < 1.29 is 4.79 Å². The Morgan fingerprint density at radius 1 is 1.22 bits per heavy atom. The number of carbonyl (C=O) groups is 1. The van der Waals surface area contributed by atoms with Gasteiger partial charge in [0, 0.05) is 30.7 Å². The second-order valence-corrected chi connectivity index (χ2v) is 5.60. The summed E-state index contributed by atoms with van der Waals surface area (Å²) in [5.41, 5.74) is 0.954. The van der Waals surface area contributed by atoms with Gasteiger partial charge in [0.2, 0.25) is 0 Å². The molecule has 0 spiro atoms. The summed E-state index contributed by atoms with van der Waals surface area (Å²) in [6.07, 6.45) is 0.779. The van der Waals surface area contributed by atoms with Crippen LogP contribution in [0.4, 0.5) is 0 Å². The van der Waals surface area contributed by atoms with Gasteiger partial charge in [-0.3, -0.25) is 9.59 Å². The molecule has 0 bridgehead atoms. The standard InChI is InChI=1S/C17H20ClN3O2/c1-3-11-21-16(22)10-9-15(19-21)17(23)20(4-2)12-13-7-5-6-8-14(13)18/h5-10H,3-4,11-12H2,1-2H3. The van der Waals surface area contributed by atoms with Gasteiger partial charge in [-0.25, -0.2) is 4.68 Å². The monoisotopic (exact) mass is 333 g/mol. The van der Waals surface area contributed by atoms with Crippen molar-refractivity contribution in [2.45, 2.75) is 33.4 Å². The smallest absolute Gasteiger partial charge is 0.274 e. The third-order valence-corrected chi connectivity index (χ3v) is 3.88. The second-order valence-electron chi connectivity index (χ2n) is 5.19. The topological polar surface area (TPSA) is 55.2 Å². The largest absolute Gasteiger partial charge is 0.333 e. The first-order valence-electron chi connectivity index (χ1n) is 7.67. The van der Waals surface area contributed by atoms with Crippen LogP contribution in [0.25, 0.3) is 0 Å². The molecule has 1 aromatic heterocycles. The molecule has 0 saturated carbocycles. The van der Waals surface area contributed by atoms with E-state index in [4.69, 9.17) is 11.6 Å². The van der Waals surface area contributed by atoms with Crippen LogP contribution in [0.2, 0.25) is 5.02 Å². The summed E-state index contributed by atoms with van der Waals surface area (Å²) in [5, 5.41) is 4.80. The minimum atomic E-state index is -0.211. The van der Waals surface area contributed by atoms with Gasteiger partial charge in [-0.15, -0.1) is 0 Å². The molecule has 23 heavy (non-hydrogen) atoms. The highest BCUT2D eigenvalue weighted by atomic mass is 35.5. The van der Waals surface area contributed by atoms with Gasteiger partial charge in [0.25, 0.3) is 11.5 Å². The quantitative estimate of drug-likeness (QED) is 0.816. The fourth-order valence-corrected chi connectivity index (χ4v) is 2.45. The van der Waals surface area contributed by atoms with Gasteiger partial charge >= 0.3 is 0 Å². The molecule has 0 radical (unpaired) electrons. The van der Waals surface area contributed by atoms with E-state index in [0.29, 0.717) is 24.7 Å². The first-order valence-corrected chi connectivity index (χ1v) is 8.05. The van der Waals surface area contributed by atoms with Crippen molar-refractivity contribution in [3.8, 4) is 0 Å². The molecule has 0 saturated heterocycles. The fourth-order valence-electron chi connectivity index (χ4n) is 2.26.